The fourth-order valence-electron chi connectivity index (χ4n) is 2.28. The molecule has 1 unspecified atom stereocenters. The highest BCUT2D eigenvalue weighted by atomic mass is 16.5. The molecule has 2 aromatic carbocycles. The van der Waals surface area contributed by atoms with E-state index >= 15 is 0 Å². The summed E-state index contributed by atoms with van der Waals surface area (Å²) < 4.78 is 5.82. The molecule has 0 saturated carbocycles. The van der Waals surface area contributed by atoms with E-state index in [4.69, 9.17) is 4.74 Å². The number of benzene rings is 2. The zero-order valence-electron chi connectivity index (χ0n) is 13.6. The fourth-order valence-corrected chi connectivity index (χ4v) is 2.28. The molecule has 0 aliphatic heterocycles. The van der Waals surface area contributed by atoms with Crippen molar-refractivity contribution in [1.29, 1.82) is 0 Å². The molecule has 116 valence electrons. The maximum atomic E-state index is 12.3. The van der Waals surface area contributed by atoms with E-state index in [2.05, 4.69) is 12.2 Å². The average Bonchev–Trinajstić information content (AvgIpc) is 2.52. The molecule has 0 fully saturated rings. The lowest BCUT2D eigenvalue weighted by Crippen LogP contribution is -2.30. The van der Waals surface area contributed by atoms with Gasteiger partial charge in [-0.15, -0.1) is 0 Å². The summed E-state index contributed by atoms with van der Waals surface area (Å²) >= 11 is 0. The summed E-state index contributed by atoms with van der Waals surface area (Å²) in [4.78, 5) is 12.3. The molecular formula is C19H23NO2. The van der Waals surface area contributed by atoms with Crippen LogP contribution >= 0.6 is 0 Å². The Morgan fingerprint density at radius 3 is 2.59 bits per heavy atom. The lowest BCUT2D eigenvalue weighted by Gasteiger charge is -2.18. The topological polar surface area (TPSA) is 38.3 Å². The van der Waals surface area contributed by atoms with Crippen molar-refractivity contribution >= 4 is 11.6 Å². The first-order valence-electron chi connectivity index (χ1n) is 7.64. The molecule has 1 atom stereocenters. The molecule has 22 heavy (non-hydrogen) atoms. The minimum atomic E-state index is -0.551. The molecule has 0 bridgehead atoms. The summed E-state index contributed by atoms with van der Waals surface area (Å²) in [7, 11) is 0. The van der Waals surface area contributed by atoms with Crippen molar-refractivity contribution in [1.82, 2.24) is 0 Å². The summed E-state index contributed by atoms with van der Waals surface area (Å²) in [6, 6.07) is 13.7. The van der Waals surface area contributed by atoms with Crippen LogP contribution in [0, 0.1) is 13.8 Å². The van der Waals surface area contributed by atoms with Crippen LogP contribution in [0.25, 0.3) is 0 Å². The van der Waals surface area contributed by atoms with E-state index in [-0.39, 0.29) is 5.91 Å². The van der Waals surface area contributed by atoms with Crippen molar-refractivity contribution in [2.75, 3.05) is 5.32 Å². The summed E-state index contributed by atoms with van der Waals surface area (Å²) in [5.74, 6) is 0.619. The Labute approximate surface area is 132 Å². The molecule has 0 saturated heterocycles. The van der Waals surface area contributed by atoms with Crippen LogP contribution in [-0.4, -0.2) is 12.0 Å². The van der Waals surface area contributed by atoms with Crippen LogP contribution in [0.3, 0.4) is 0 Å². The predicted octanol–water partition coefficient (Wildman–Crippen LogP) is 4.27. The molecule has 1 N–H and O–H groups in total. The Bertz CT molecular complexity index is 664. The van der Waals surface area contributed by atoms with Gasteiger partial charge >= 0.3 is 0 Å². The van der Waals surface area contributed by atoms with Crippen LogP contribution in [0.1, 0.15) is 30.5 Å². The Morgan fingerprint density at radius 2 is 1.86 bits per heavy atom. The van der Waals surface area contributed by atoms with Gasteiger partial charge in [0.15, 0.2) is 6.10 Å². The molecular weight excluding hydrogens is 274 g/mol. The minimum Gasteiger partial charge on any atom is -0.481 e. The summed E-state index contributed by atoms with van der Waals surface area (Å²) in [6.45, 7) is 7.87. The molecule has 2 rings (SSSR count). The van der Waals surface area contributed by atoms with E-state index in [9.17, 15) is 4.79 Å². The highest BCUT2D eigenvalue weighted by Gasteiger charge is 2.17. The number of aryl methyl sites for hydroxylation is 2. The predicted molar refractivity (Wildman–Crippen MR) is 90.5 cm³/mol. The third-order valence-electron chi connectivity index (χ3n) is 3.88. The van der Waals surface area contributed by atoms with Gasteiger partial charge in [0.2, 0.25) is 0 Å². The molecule has 3 heteroatoms. The number of carbonyl (C=O) groups is 1. The number of anilines is 1. The normalized spacial score (nSPS) is 11.8. The molecule has 0 aliphatic carbocycles. The minimum absolute atomic E-state index is 0.137. The summed E-state index contributed by atoms with van der Waals surface area (Å²) in [5, 5.41) is 2.95. The van der Waals surface area contributed by atoms with Gasteiger partial charge in [0.1, 0.15) is 5.75 Å². The molecule has 2 aromatic rings. The molecule has 3 nitrogen and oxygen atoms in total. The van der Waals surface area contributed by atoms with E-state index in [0.717, 1.165) is 34.5 Å². The van der Waals surface area contributed by atoms with Crippen molar-refractivity contribution in [3.05, 3.63) is 59.2 Å². The van der Waals surface area contributed by atoms with Crippen molar-refractivity contribution in [3.63, 3.8) is 0 Å². The maximum absolute atomic E-state index is 12.3. The summed E-state index contributed by atoms with van der Waals surface area (Å²) in [5.41, 5.74) is 4.19. The van der Waals surface area contributed by atoms with Gasteiger partial charge in [0.05, 0.1) is 0 Å². The lowest BCUT2D eigenvalue weighted by atomic mass is 10.1. The van der Waals surface area contributed by atoms with Crippen molar-refractivity contribution in [3.8, 4) is 5.75 Å². The number of carbonyl (C=O) groups excluding carboxylic acids is 1. The van der Waals surface area contributed by atoms with E-state index in [0.29, 0.717) is 0 Å². The van der Waals surface area contributed by atoms with E-state index < -0.39 is 6.10 Å². The molecule has 0 radical (unpaired) electrons. The standard InChI is InChI=1S/C19H23NO2/c1-5-16-10-6-7-11-17(16)20-19(21)15(4)22-18-12-8-9-13(2)14(18)3/h6-12,15H,5H2,1-4H3,(H,20,21). The third kappa shape index (κ3) is 3.67. The number of para-hydroxylation sites is 1. The Hall–Kier alpha value is -2.29. The van der Waals surface area contributed by atoms with Gasteiger partial charge in [-0.1, -0.05) is 37.3 Å². The van der Waals surface area contributed by atoms with Gasteiger partial charge < -0.3 is 10.1 Å². The smallest absolute Gasteiger partial charge is 0.265 e. The van der Waals surface area contributed by atoms with Gasteiger partial charge in [-0.2, -0.15) is 0 Å². The first-order chi connectivity index (χ1) is 10.5. The zero-order valence-corrected chi connectivity index (χ0v) is 13.6. The highest BCUT2D eigenvalue weighted by Crippen LogP contribution is 2.22. The monoisotopic (exact) mass is 297 g/mol. The van der Waals surface area contributed by atoms with Crippen LogP contribution in [0.2, 0.25) is 0 Å². The van der Waals surface area contributed by atoms with Gasteiger partial charge in [-0.05, 0) is 56.0 Å². The van der Waals surface area contributed by atoms with Crippen LogP contribution in [0.5, 0.6) is 5.75 Å². The number of amides is 1. The third-order valence-corrected chi connectivity index (χ3v) is 3.88. The molecule has 0 heterocycles. The number of hydrogen-bond acceptors (Lipinski definition) is 2. The second-order valence-electron chi connectivity index (χ2n) is 5.46. The Balaban J connectivity index is 2.08. The second-order valence-corrected chi connectivity index (χ2v) is 5.46. The van der Waals surface area contributed by atoms with Crippen LogP contribution in [0.15, 0.2) is 42.5 Å². The SMILES string of the molecule is CCc1ccccc1NC(=O)C(C)Oc1cccc(C)c1C. The van der Waals surface area contributed by atoms with E-state index in [1.807, 2.05) is 56.3 Å². The van der Waals surface area contributed by atoms with Crippen molar-refractivity contribution in [2.24, 2.45) is 0 Å². The molecule has 0 aromatic heterocycles. The fraction of sp³-hybridized carbons (Fsp3) is 0.316. The number of rotatable bonds is 5. The van der Waals surface area contributed by atoms with Gasteiger partial charge in [0, 0.05) is 5.69 Å². The first kappa shape index (κ1) is 16.1. The maximum Gasteiger partial charge on any atom is 0.265 e. The van der Waals surface area contributed by atoms with Gasteiger partial charge in [0.25, 0.3) is 5.91 Å². The van der Waals surface area contributed by atoms with Crippen LogP contribution in [-0.2, 0) is 11.2 Å². The molecule has 0 aliphatic rings. The van der Waals surface area contributed by atoms with E-state index in [1.165, 1.54) is 0 Å². The quantitative estimate of drug-likeness (QED) is 0.895. The number of hydrogen-bond donors (Lipinski definition) is 1. The van der Waals surface area contributed by atoms with Crippen LogP contribution < -0.4 is 10.1 Å². The number of ether oxygens (including phenoxy) is 1. The largest absolute Gasteiger partial charge is 0.481 e. The Morgan fingerprint density at radius 1 is 1.14 bits per heavy atom. The molecule has 1 amide bonds. The van der Waals surface area contributed by atoms with Crippen LogP contribution in [0.4, 0.5) is 5.69 Å². The second kappa shape index (κ2) is 7.12. The van der Waals surface area contributed by atoms with Crippen molar-refractivity contribution in [2.45, 2.75) is 40.2 Å². The van der Waals surface area contributed by atoms with Gasteiger partial charge in [-0.3, -0.25) is 4.79 Å². The lowest BCUT2D eigenvalue weighted by molar-refractivity contribution is -0.122. The summed E-state index contributed by atoms with van der Waals surface area (Å²) in [6.07, 6.45) is 0.327. The van der Waals surface area contributed by atoms with Gasteiger partial charge in [-0.25, -0.2) is 0 Å². The highest BCUT2D eigenvalue weighted by molar-refractivity contribution is 5.94. The Kier molecular flexibility index (Phi) is 5.21. The first-order valence-corrected chi connectivity index (χ1v) is 7.64. The average molecular weight is 297 g/mol. The zero-order chi connectivity index (χ0) is 16.1. The van der Waals surface area contributed by atoms with E-state index in [1.54, 1.807) is 6.92 Å². The molecule has 0 spiro atoms. The van der Waals surface area contributed by atoms with Crippen molar-refractivity contribution < 1.29 is 9.53 Å². The number of nitrogens with one attached hydrogen (secondary N) is 1.